The first-order valence-electron chi connectivity index (χ1n) is 7.41. The molecule has 0 saturated carbocycles. The quantitative estimate of drug-likeness (QED) is 0.437. The van der Waals surface area contributed by atoms with Crippen LogP contribution in [0.5, 0.6) is 0 Å². The Morgan fingerprint density at radius 3 is 2.00 bits per heavy atom. The van der Waals surface area contributed by atoms with Gasteiger partial charge in [0.25, 0.3) is 0 Å². The zero-order valence-electron chi connectivity index (χ0n) is 12.4. The molecule has 1 aliphatic heterocycles. The first-order valence-corrected chi connectivity index (χ1v) is 7.41. The van der Waals surface area contributed by atoms with Crippen molar-refractivity contribution in [3.63, 3.8) is 0 Å². The lowest BCUT2D eigenvalue weighted by Gasteiger charge is -2.26. The fourth-order valence-corrected chi connectivity index (χ4v) is 1.93. The fraction of sp³-hybridized carbons (Fsp3) is 0.929. The summed E-state index contributed by atoms with van der Waals surface area (Å²) in [6.07, 6.45) is 5.60. The van der Waals surface area contributed by atoms with E-state index in [4.69, 9.17) is 5.21 Å². The minimum absolute atomic E-state index is 0.941. The van der Waals surface area contributed by atoms with E-state index in [0.29, 0.717) is 0 Å². The standard InChI is InChI=1S/C8H16N2O.C6H15N/c1-2-5-10-6-3-8(9-11)4-7-10;1-3-5-7-6-4-2/h11H,2-7H2,1H3;7H,3-6H2,1-2H3. The lowest BCUT2D eigenvalue weighted by Crippen LogP contribution is -2.34. The predicted octanol–water partition coefficient (Wildman–Crippen LogP) is 2.72. The average Bonchev–Trinajstić information content (AvgIpc) is 2.41. The van der Waals surface area contributed by atoms with Crippen molar-refractivity contribution in [2.24, 2.45) is 5.16 Å². The molecule has 1 rings (SSSR count). The number of nitrogens with one attached hydrogen (secondary N) is 1. The van der Waals surface area contributed by atoms with Gasteiger partial charge < -0.3 is 15.4 Å². The monoisotopic (exact) mass is 257 g/mol. The molecule has 4 heteroatoms. The molecule has 1 aliphatic rings. The molecule has 2 N–H and O–H groups in total. The van der Waals surface area contributed by atoms with E-state index in [1.807, 2.05) is 0 Å². The van der Waals surface area contributed by atoms with Crippen LogP contribution in [0, 0.1) is 0 Å². The van der Waals surface area contributed by atoms with E-state index < -0.39 is 0 Å². The van der Waals surface area contributed by atoms with Crippen molar-refractivity contribution < 1.29 is 5.21 Å². The zero-order valence-corrected chi connectivity index (χ0v) is 12.4. The summed E-state index contributed by atoms with van der Waals surface area (Å²) in [7, 11) is 0. The minimum Gasteiger partial charge on any atom is -0.411 e. The highest BCUT2D eigenvalue weighted by atomic mass is 16.4. The number of oxime groups is 1. The van der Waals surface area contributed by atoms with E-state index in [1.54, 1.807) is 0 Å². The van der Waals surface area contributed by atoms with Crippen molar-refractivity contribution in [2.75, 3.05) is 32.7 Å². The second kappa shape index (κ2) is 12.8. The number of rotatable bonds is 6. The van der Waals surface area contributed by atoms with Crippen LogP contribution in [-0.4, -0.2) is 48.5 Å². The van der Waals surface area contributed by atoms with Gasteiger partial charge in [-0.15, -0.1) is 0 Å². The second-order valence-electron chi connectivity index (χ2n) is 4.76. The molecule has 0 aromatic carbocycles. The van der Waals surface area contributed by atoms with Gasteiger partial charge in [0.2, 0.25) is 0 Å². The van der Waals surface area contributed by atoms with E-state index in [1.165, 1.54) is 38.9 Å². The molecule has 0 radical (unpaired) electrons. The van der Waals surface area contributed by atoms with Crippen LogP contribution >= 0.6 is 0 Å². The van der Waals surface area contributed by atoms with Crippen molar-refractivity contribution in [1.82, 2.24) is 10.2 Å². The molecule has 0 spiro atoms. The molecule has 0 aromatic heterocycles. The fourth-order valence-electron chi connectivity index (χ4n) is 1.93. The van der Waals surface area contributed by atoms with Crippen molar-refractivity contribution in [3.8, 4) is 0 Å². The van der Waals surface area contributed by atoms with Gasteiger partial charge in [-0.05, 0) is 38.9 Å². The molecule has 1 saturated heterocycles. The average molecular weight is 257 g/mol. The molecule has 18 heavy (non-hydrogen) atoms. The summed E-state index contributed by atoms with van der Waals surface area (Å²) in [5.41, 5.74) is 0.956. The summed E-state index contributed by atoms with van der Waals surface area (Å²) in [6, 6.07) is 0. The Balaban J connectivity index is 0.000000360. The Kier molecular flexibility index (Phi) is 12.4. The molecular formula is C14H31N3O. The third-order valence-corrected chi connectivity index (χ3v) is 2.97. The van der Waals surface area contributed by atoms with E-state index in [-0.39, 0.29) is 0 Å². The van der Waals surface area contributed by atoms with Gasteiger partial charge in [-0.25, -0.2) is 0 Å². The summed E-state index contributed by atoms with van der Waals surface area (Å²) >= 11 is 0. The predicted molar refractivity (Wildman–Crippen MR) is 78.6 cm³/mol. The number of likely N-dealkylation sites (tertiary alicyclic amines) is 1. The van der Waals surface area contributed by atoms with Crippen molar-refractivity contribution in [1.29, 1.82) is 0 Å². The van der Waals surface area contributed by atoms with Crippen LogP contribution in [0.3, 0.4) is 0 Å². The Labute approximate surface area is 112 Å². The lowest BCUT2D eigenvalue weighted by molar-refractivity contribution is 0.263. The Morgan fingerprint density at radius 2 is 1.61 bits per heavy atom. The van der Waals surface area contributed by atoms with Crippen LogP contribution in [-0.2, 0) is 0 Å². The Bertz CT molecular complexity index is 193. The molecular weight excluding hydrogens is 226 g/mol. The summed E-state index contributed by atoms with van der Waals surface area (Å²) < 4.78 is 0. The SMILES string of the molecule is CCCN1CCC(=NO)CC1.CCCNCCC. The zero-order chi connectivity index (χ0) is 13.6. The van der Waals surface area contributed by atoms with Gasteiger partial charge in [0.15, 0.2) is 0 Å². The minimum atomic E-state index is 0.941. The van der Waals surface area contributed by atoms with Gasteiger partial charge in [-0.3, -0.25) is 0 Å². The van der Waals surface area contributed by atoms with Gasteiger partial charge in [0.1, 0.15) is 0 Å². The Morgan fingerprint density at radius 1 is 1.06 bits per heavy atom. The molecule has 0 atom stereocenters. The van der Waals surface area contributed by atoms with Crippen LogP contribution in [0.25, 0.3) is 0 Å². The summed E-state index contributed by atoms with van der Waals surface area (Å²) in [5.74, 6) is 0. The molecule has 0 aromatic rings. The third-order valence-electron chi connectivity index (χ3n) is 2.97. The molecule has 1 fully saturated rings. The van der Waals surface area contributed by atoms with E-state index >= 15 is 0 Å². The summed E-state index contributed by atoms with van der Waals surface area (Å²) in [6.45, 7) is 12.2. The maximum Gasteiger partial charge on any atom is 0.0596 e. The maximum atomic E-state index is 8.48. The number of hydrogen-bond donors (Lipinski definition) is 2. The van der Waals surface area contributed by atoms with E-state index in [0.717, 1.165) is 31.6 Å². The number of piperidine rings is 1. The molecule has 108 valence electrons. The highest BCUT2D eigenvalue weighted by Gasteiger charge is 2.13. The molecule has 4 nitrogen and oxygen atoms in total. The van der Waals surface area contributed by atoms with Crippen LogP contribution in [0.2, 0.25) is 0 Å². The molecule has 0 amide bonds. The lowest BCUT2D eigenvalue weighted by atomic mass is 10.1. The molecule has 1 heterocycles. The van der Waals surface area contributed by atoms with Crippen LogP contribution in [0.1, 0.15) is 52.9 Å². The van der Waals surface area contributed by atoms with Crippen molar-refractivity contribution in [3.05, 3.63) is 0 Å². The first kappa shape index (κ1) is 17.4. The Hall–Kier alpha value is -0.610. The van der Waals surface area contributed by atoms with Crippen LogP contribution in [0.4, 0.5) is 0 Å². The maximum absolute atomic E-state index is 8.48. The third kappa shape index (κ3) is 9.42. The van der Waals surface area contributed by atoms with E-state index in [9.17, 15) is 0 Å². The van der Waals surface area contributed by atoms with Crippen molar-refractivity contribution in [2.45, 2.75) is 52.9 Å². The number of hydrogen-bond acceptors (Lipinski definition) is 4. The summed E-state index contributed by atoms with van der Waals surface area (Å²) in [4.78, 5) is 2.41. The largest absolute Gasteiger partial charge is 0.411 e. The van der Waals surface area contributed by atoms with E-state index in [2.05, 4.69) is 36.1 Å². The summed E-state index contributed by atoms with van der Waals surface area (Å²) in [5, 5.41) is 15.0. The highest BCUT2D eigenvalue weighted by Crippen LogP contribution is 2.06. The number of nitrogens with zero attached hydrogens (tertiary/aromatic N) is 2. The van der Waals surface area contributed by atoms with Crippen LogP contribution < -0.4 is 5.32 Å². The van der Waals surface area contributed by atoms with Crippen molar-refractivity contribution >= 4 is 5.71 Å². The van der Waals surface area contributed by atoms with Gasteiger partial charge in [-0.1, -0.05) is 25.9 Å². The van der Waals surface area contributed by atoms with Gasteiger partial charge in [-0.2, -0.15) is 0 Å². The van der Waals surface area contributed by atoms with Gasteiger partial charge in [0.05, 0.1) is 5.71 Å². The molecule has 0 bridgehead atoms. The molecule has 0 unspecified atom stereocenters. The topological polar surface area (TPSA) is 47.9 Å². The highest BCUT2D eigenvalue weighted by molar-refractivity contribution is 5.84. The van der Waals surface area contributed by atoms with Crippen LogP contribution in [0.15, 0.2) is 5.16 Å². The van der Waals surface area contributed by atoms with Gasteiger partial charge in [0, 0.05) is 25.9 Å². The first-order chi connectivity index (χ1) is 8.78. The van der Waals surface area contributed by atoms with Gasteiger partial charge >= 0.3 is 0 Å². The normalized spacial score (nSPS) is 16.1. The smallest absolute Gasteiger partial charge is 0.0596 e. The molecule has 0 aliphatic carbocycles. The second-order valence-corrected chi connectivity index (χ2v) is 4.76.